The summed E-state index contributed by atoms with van der Waals surface area (Å²) in [6, 6.07) is 3.66. The average Bonchev–Trinajstić information content (AvgIpc) is 2.79. The monoisotopic (exact) mass is 358 g/mol. The number of nitrogens with zero attached hydrogens (tertiary/aromatic N) is 2. The molecule has 7 heteroatoms. The quantitative estimate of drug-likeness (QED) is 0.776. The van der Waals surface area contributed by atoms with Gasteiger partial charge in [-0.3, -0.25) is 4.79 Å². The molecular weight excluding hydrogens is 343 g/mol. The van der Waals surface area contributed by atoms with E-state index in [0.717, 1.165) is 11.1 Å². The van der Waals surface area contributed by atoms with Crippen molar-refractivity contribution in [2.24, 2.45) is 0 Å². The second-order valence-corrected chi connectivity index (χ2v) is 6.82. The second kappa shape index (κ2) is 6.86. The molecule has 2 rings (SSSR count). The van der Waals surface area contributed by atoms with Crippen LogP contribution in [0.1, 0.15) is 28.4 Å². The molecule has 118 valence electrons. The zero-order chi connectivity index (χ0) is 16.4. The van der Waals surface area contributed by atoms with Gasteiger partial charge in [0.1, 0.15) is 10.1 Å². The molecule has 0 radical (unpaired) electrons. The number of aryl methyl sites for hydroxylation is 2. The van der Waals surface area contributed by atoms with Crippen LogP contribution in [0.4, 0.5) is 0 Å². The molecule has 0 spiro atoms. The van der Waals surface area contributed by atoms with Crippen molar-refractivity contribution in [2.75, 3.05) is 13.6 Å². The smallest absolute Gasteiger partial charge is 0.281 e. The van der Waals surface area contributed by atoms with Crippen molar-refractivity contribution in [1.29, 1.82) is 0 Å². The number of aromatic nitrogens is 1. The minimum atomic E-state index is -0.00464. The molecule has 22 heavy (non-hydrogen) atoms. The fourth-order valence-corrected chi connectivity index (χ4v) is 2.92. The summed E-state index contributed by atoms with van der Waals surface area (Å²) in [6.07, 6.45) is 0. The Kier molecular flexibility index (Phi) is 5.32. The fourth-order valence-electron chi connectivity index (χ4n) is 1.88. The number of thiazole rings is 1. The maximum absolute atomic E-state index is 12.3. The predicted molar refractivity (Wildman–Crippen MR) is 90.8 cm³/mol. The van der Waals surface area contributed by atoms with E-state index in [1.807, 2.05) is 32.9 Å². The number of amides is 1. The molecule has 1 aromatic carbocycles. The average molecular weight is 359 g/mol. The van der Waals surface area contributed by atoms with Crippen molar-refractivity contribution in [1.82, 2.24) is 9.88 Å². The molecule has 2 aromatic rings. The van der Waals surface area contributed by atoms with Gasteiger partial charge in [0.15, 0.2) is 5.15 Å². The van der Waals surface area contributed by atoms with Crippen LogP contribution in [0.5, 0.6) is 10.9 Å². The van der Waals surface area contributed by atoms with Crippen molar-refractivity contribution >= 4 is 40.4 Å². The molecular formula is C15H16Cl2N2O2S. The maximum Gasteiger partial charge on any atom is 0.281 e. The minimum Gasteiger partial charge on any atom is -0.431 e. The molecule has 0 aliphatic heterocycles. The molecule has 1 heterocycles. The molecule has 0 saturated carbocycles. The maximum atomic E-state index is 12.3. The first-order chi connectivity index (χ1) is 10.3. The summed E-state index contributed by atoms with van der Waals surface area (Å²) in [6.45, 7) is 6.36. The predicted octanol–water partition coefficient (Wildman–Crippen LogP) is 4.95. The van der Waals surface area contributed by atoms with E-state index in [2.05, 4.69) is 4.98 Å². The van der Waals surface area contributed by atoms with Gasteiger partial charge in [-0.1, -0.05) is 34.5 Å². The van der Waals surface area contributed by atoms with Crippen molar-refractivity contribution in [3.05, 3.63) is 38.3 Å². The van der Waals surface area contributed by atoms with E-state index in [0.29, 0.717) is 27.4 Å². The Morgan fingerprint density at radius 1 is 1.32 bits per heavy atom. The SMILES string of the molecule is CCN(C)C(=O)c1cc(C)c(Oc2nc(Cl)c(Cl)s2)cc1C. The van der Waals surface area contributed by atoms with Gasteiger partial charge in [0.05, 0.1) is 0 Å². The fraction of sp³-hybridized carbons (Fsp3) is 0.333. The van der Waals surface area contributed by atoms with Crippen LogP contribution in [0.2, 0.25) is 9.49 Å². The molecule has 4 nitrogen and oxygen atoms in total. The number of halogens is 2. The van der Waals surface area contributed by atoms with Gasteiger partial charge < -0.3 is 9.64 Å². The van der Waals surface area contributed by atoms with Crippen LogP contribution >= 0.6 is 34.5 Å². The van der Waals surface area contributed by atoms with Crippen LogP contribution in [0.15, 0.2) is 12.1 Å². The first kappa shape index (κ1) is 17.1. The van der Waals surface area contributed by atoms with Gasteiger partial charge in [0.2, 0.25) is 0 Å². The summed E-state index contributed by atoms with van der Waals surface area (Å²) in [5.74, 6) is 0.630. The van der Waals surface area contributed by atoms with E-state index < -0.39 is 0 Å². The zero-order valence-electron chi connectivity index (χ0n) is 12.7. The number of carbonyl (C=O) groups excluding carboxylic acids is 1. The molecule has 0 fully saturated rings. The molecule has 0 N–H and O–H groups in total. The first-order valence-corrected chi connectivity index (χ1v) is 8.27. The highest BCUT2D eigenvalue weighted by atomic mass is 35.5. The number of hydrogen-bond acceptors (Lipinski definition) is 4. The number of benzene rings is 1. The third-order valence-corrected chi connectivity index (χ3v) is 4.91. The van der Waals surface area contributed by atoms with Crippen LogP contribution in [0.3, 0.4) is 0 Å². The van der Waals surface area contributed by atoms with Gasteiger partial charge in [-0.25, -0.2) is 0 Å². The lowest BCUT2D eigenvalue weighted by Crippen LogP contribution is -2.27. The van der Waals surface area contributed by atoms with E-state index in [1.54, 1.807) is 11.9 Å². The van der Waals surface area contributed by atoms with Crippen LogP contribution in [-0.2, 0) is 0 Å². The molecule has 0 unspecified atom stereocenters. The highest BCUT2D eigenvalue weighted by molar-refractivity contribution is 7.18. The Bertz CT molecular complexity index is 696. The van der Waals surface area contributed by atoms with Gasteiger partial charge in [-0.05, 0) is 44.0 Å². The third kappa shape index (κ3) is 3.54. The van der Waals surface area contributed by atoms with Gasteiger partial charge >= 0.3 is 0 Å². The van der Waals surface area contributed by atoms with Crippen molar-refractivity contribution < 1.29 is 9.53 Å². The number of rotatable bonds is 4. The van der Waals surface area contributed by atoms with E-state index in [9.17, 15) is 4.79 Å². The Balaban J connectivity index is 2.32. The Morgan fingerprint density at radius 2 is 2.00 bits per heavy atom. The summed E-state index contributed by atoms with van der Waals surface area (Å²) in [5, 5.41) is 0.606. The lowest BCUT2D eigenvalue weighted by molar-refractivity contribution is 0.0801. The van der Waals surface area contributed by atoms with Crippen molar-refractivity contribution in [2.45, 2.75) is 20.8 Å². The standard InChI is InChI=1S/C15H16Cl2N2O2S/c1-5-19(4)14(20)10-6-9(3)11(7-8(10)2)21-15-18-12(16)13(17)22-15/h6-7H,5H2,1-4H3. The summed E-state index contributed by atoms with van der Waals surface area (Å²) < 4.78 is 6.12. The highest BCUT2D eigenvalue weighted by Crippen LogP contribution is 2.36. The third-order valence-electron chi connectivity index (χ3n) is 3.30. The summed E-state index contributed by atoms with van der Waals surface area (Å²) in [5.41, 5.74) is 2.37. The summed E-state index contributed by atoms with van der Waals surface area (Å²) in [7, 11) is 1.78. The number of hydrogen-bond donors (Lipinski definition) is 0. The lowest BCUT2D eigenvalue weighted by atomic mass is 10.0. The molecule has 1 amide bonds. The Morgan fingerprint density at radius 3 is 2.55 bits per heavy atom. The van der Waals surface area contributed by atoms with Crippen molar-refractivity contribution in [3.63, 3.8) is 0 Å². The van der Waals surface area contributed by atoms with E-state index in [-0.39, 0.29) is 11.1 Å². The molecule has 0 atom stereocenters. The molecule has 0 saturated heterocycles. The number of carbonyl (C=O) groups is 1. The zero-order valence-corrected chi connectivity index (χ0v) is 15.1. The van der Waals surface area contributed by atoms with E-state index in [1.165, 1.54) is 11.3 Å². The largest absolute Gasteiger partial charge is 0.431 e. The van der Waals surface area contributed by atoms with Crippen LogP contribution in [0, 0.1) is 13.8 Å². The second-order valence-electron chi connectivity index (χ2n) is 4.90. The molecule has 0 aliphatic rings. The first-order valence-electron chi connectivity index (χ1n) is 6.69. The Hall–Kier alpha value is -1.30. The van der Waals surface area contributed by atoms with Gasteiger partial charge in [-0.2, -0.15) is 4.98 Å². The molecule has 0 aliphatic carbocycles. The van der Waals surface area contributed by atoms with Gasteiger partial charge in [0.25, 0.3) is 11.1 Å². The number of ether oxygens (including phenoxy) is 1. The highest BCUT2D eigenvalue weighted by Gasteiger charge is 2.17. The summed E-state index contributed by atoms with van der Waals surface area (Å²) in [4.78, 5) is 18.0. The molecule has 1 aromatic heterocycles. The Labute approximate surface area is 143 Å². The van der Waals surface area contributed by atoms with Crippen LogP contribution in [-0.4, -0.2) is 29.4 Å². The van der Waals surface area contributed by atoms with E-state index in [4.69, 9.17) is 27.9 Å². The topological polar surface area (TPSA) is 42.4 Å². The van der Waals surface area contributed by atoms with E-state index >= 15 is 0 Å². The van der Waals surface area contributed by atoms with Gasteiger partial charge in [0, 0.05) is 19.2 Å². The lowest BCUT2D eigenvalue weighted by Gasteiger charge is -2.17. The molecule has 0 bridgehead atoms. The van der Waals surface area contributed by atoms with Crippen molar-refractivity contribution in [3.8, 4) is 10.9 Å². The minimum absolute atomic E-state index is 0.00464. The van der Waals surface area contributed by atoms with Crippen LogP contribution in [0.25, 0.3) is 0 Å². The normalized spacial score (nSPS) is 10.6. The van der Waals surface area contributed by atoms with Gasteiger partial charge in [-0.15, -0.1) is 0 Å². The van der Waals surface area contributed by atoms with Crippen LogP contribution < -0.4 is 4.74 Å². The summed E-state index contributed by atoms with van der Waals surface area (Å²) >= 11 is 12.9.